The van der Waals surface area contributed by atoms with Gasteiger partial charge in [0.2, 0.25) is 0 Å². The molecule has 0 aromatic heterocycles. The van der Waals surface area contributed by atoms with E-state index in [-0.39, 0.29) is 0 Å². The van der Waals surface area contributed by atoms with E-state index in [4.69, 9.17) is 0 Å². The Labute approximate surface area is 343 Å². The zero-order valence-electron chi connectivity index (χ0n) is 38.0. The molecule has 0 fully saturated rings. The van der Waals surface area contributed by atoms with Gasteiger partial charge in [0, 0.05) is 26.2 Å². The molecule has 0 aliphatic rings. The van der Waals surface area contributed by atoms with Crippen LogP contribution in [0.15, 0.2) is 0 Å². The van der Waals surface area contributed by atoms with Crippen molar-refractivity contribution in [3.8, 4) is 0 Å². The summed E-state index contributed by atoms with van der Waals surface area (Å²) in [6, 6.07) is 0. The van der Waals surface area contributed by atoms with E-state index in [1.54, 1.807) is 0 Å². The fraction of sp³-hybridized carbons (Fsp3) is 0.958. The number of carboxylic acid groups (broad SMARTS) is 2. The maximum atomic E-state index is 12.7. The first-order valence-corrected chi connectivity index (χ1v) is 24.2. The molecule has 0 bridgehead atoms. The molecular formula is C48H97N3O4. The highest BCUT2D eigenvalue weighted by molar-refractivity contribution is 5.75. The van der Waals surface area contributed by atoms with Crippen LogP contribution in [0.2, 0.25) is 0 Å². The van der Waals surface area contributed by atoms with Crippen LogP contribution < -0.4 is 5.43 Å². The van der Waals surface area contributed by atoms with Crippen LogP contribution >= 0.6 is 0 Å². The van der Waals surface area contributed by atoms with Gasteiger partial charge in [0.25, 0.3) is 0 Å². The summed E-state index contributed by atoms with van der Waals surface area (Å²) < 4.78 is 0. The third kappa shape index (κ3) is 28.8. The standard InChI is InChI=1S/C48H97N3O4/c1-7-11-15-19-21-29-37-47(45(52)53,35-27-17-13-9-3)39-31-23-25-33-41-49-51(44-43-50(5)6)42-34-26-24-32-40-48(46(54)55,36-28-18-14-10-4)38-30-22-20-16-12-8-2/h49H,7-44H2,1-6H3,(H,52,53)(H,54,55). The molecule has 328 valence electrons. The number of aliphatic carboxylic acids is 2. The zero-order valence-corrected chi connectivity index (χ0v) is 38.0. The molecule has 2 unspecified atom stereocenters. The maximum Gasteiger partial charge on any atom is 0.309 e. The van der Waals surface area contributed by atoms with Gasteiger partial charge in [-0.25, -0.2) is 5.01 Å². The molecule has 0 aliphatic heterocycles. The van der Waals surface area contributed by atoms with Gasteiger partial charge >= 0.3 is 11.9 Å². The first-order valence-electron chi connectivity index (χ1n) is 24.2. The Bertz CT molecular complexity index is 870. The van der Waals surface area contributed by atoms with E-state index < -0.39 is 22.8 Å². The molecule has 0 rings (SSSR count). The SMILES string of the molecule is CCCCCCCCC(CCCCCC)(CCCCCCNN(CCCCCCC(CCCCCC)(CCCCCCCC)C(=O)O)CCN(C)C)C(=O)O. The topological polar surface area (TPSA) is 93.1 Å². The van der Waals surface area contributed by atoms with Crippen molar-refractivity contribution in [2.45, 2.75) is 246 Å². The molecule has 7 heteroatoms. The molecule has 0 saturated carbocycles. The number of carbonyl (C=O) groups is 2. The number of rotatable bonds is 44. The lowest BCUT2D eigenvalue weighted by atomic mass is 9.74. The summed E-state index contributed by atoms with van der Waals surface area (Å²) in [5.74, 6) is -1.10. The smallest absolute Gasteiger partial charge is 0.309 e. The fourth-order valence-corrected chi connectivity index (χ4v) is 8.55. The summed E-state index contributed by atoms with van der Waals surface area (Å²) in [5, 5.41) is 23.3. The molecule has 2 atom stereocenters. The van der Waals surface area contributed by atoms with Gasteiger partial charge in [-0.2, -0.15) is 0 Å². The Kier molecular flexibility index (Phi) is 36.3. The molecule has 0 amide bonds. The van der Waals surface area contributed by atoms with Crippen molar-refractivity contribution in [3.63, 3.8) is 0 Å². The van der Waals surface area contributed by atoms with Crippen molar-refractivity contribution in [2.75, 3.05) is 40.3 Å². The van der Waals surface area contributed by atoms with E-state index in [9.17, 15) is 19.8 Å². The second kappa shape index (κ2) is 37.1. The number of nitrogens with one attached hydrogen (secondary N) is 1. The third-order valence-corrected chi connectivity index (χ3v) is 12.5. The summed E-state index contributed by atoms with van der Waals surface area (Å²) in [6.07, 6.45) is 37.6. The number of unbranched alkanes of at least 4 members (excludes halogenated alkanes) is 22. The minimum absolute atomic E-state index is 0.530. The van der Waals surface area contributed by atoms with Gasteiger partial charge in [-0.1, -0.05) is 195 Å². The highest BCUT2D eigenvalue weighted by Crippen LogP contribution is 2.39. The lowest BCUT2D eigenvalue weighted by molar-refractivity contribution is -0.151. The maximum absolute atomic E-state index is 12.7. The van der Waals surface area contributed by atoms with Gasteiger partial charge in [0.1, 0.15) is 0 Å². The van der Waals surface area contributed by atoms with Crippen LogP contribution in [0.5, 0.6) is 0 Å². The van der Waals surface area contributed by atoms with Gasteiger partial charge in [-0.05, 0) is 65.5 Å². The third-order valence-electron chi connectivity index (χ3n) is 12.5. The molecule has 0 heterocycles. The number of nitrogens with zero attached hydrogens (tertiary/aromatic N) is 2. The van der Waals surface area contributed by atoms with Crippen molar-refractivity contribution < 1.29 is 19.8 Å². The highest BCUT2D eigenvalue weighted by Gasteiger charge is 2.37. The predicted octanol–water partition coefficient (Wildman–Crippen LogP) is 13.8. The molecule has 0 aromatic rings. The summed E-state index contributed by atoms with van der Waals surface area (Å²) in [6.45, 7) is 12.9. The summed E-state index contributed by atoms with van der Waals surface area (Å²) in [4.78, 5) is 27.7. The molecule has 0 saturated heterocycles. The average Bonchev–Trinajstić information content (AvgIpc) is 3.16. The van der Waals surface area contributed by atoms with Crippen LogP contribution in [0.25, 0.3) is 0 Å². The number of hydrazine groups is 1. The second-order valence-electron chi connectivity index (χ2n) is 17.9. The van der Waals surface area contributed by atoms with E-state index in [0.29, 0.717) is 0 Å². The van der Waals surface area contributed by atoms with Crippen LogP contribution in [0, 0.1) is 10.8 Å². The Morgan fingerprint density at radius 3 is 1.02 bits per heavy atom. The first-order chi connectivity index (χ1) is 26.6. The van der Waals surface area contributed by atoms with E-state index in [2.05, 4.69) is 57.1 Å². The minimum atomic E-state index is -0.549. The minimum Gasteiger partial charge on any atom is -0.481 e. The largest absolute Gasteiger partial charge is 0.481 e. The Morgan fingerprint density at radius 2 is 0.691 bits per heavy atom. The predicted molar refractivity (Wildman–Crippen MR) is 238 cm³/mol. The molecule has 3 N–H and O–H groups in total. The second-order valence-corrected chi connectivity index (χ2v) is 17.9. The highest BCUT2D eigenvalue weighted by atomic mass is 16.4. The lowest BCUT2D eigenvalue weighted by Crippen LogP contribution is -2.43. The van der Waals surface area contributed by atoms with Gasteiger partial charge in [0.15, 0.2) is 0 Å². The Hall–Kier alpha value is -1.18. The van der Waals surface area contributed by atoms with E-state index in [0.717, 1.165) is 155 Å². The quantitative estimate of drug-likeness (QED) is 0.0419. The van der Waals surface area contributed by atoms with Gasteiger partial charge in [0.05, 0.1) is 10.8 Å². The van der Waals surface area contributed by atoms with E-state index in [1.807, 2.05) is 0 Å². The summed E-state index contributed by atoms with van der Waals surface area (Å²) in [7, 11) is 4.27. The van der Waals surface area contributed by atoms with Gasteiger partial charge in [-0.3, -0.25) is 15.0 Å². The molecule has 0 aliphatic carbocycles. The van der Waals surface area contributed by atoms with Crippen molar-refractivity contribution in [1.82, 2.24) is 15.3 Å². The summed E-state index contributed by atoms with van der Waals surface area (Å²) >= 11 is 0. The van der Waals surface area contributed by atoms with Crippen molar-refractivity contribution in [1.29, 1.82) is 0 Å². The van der Waals surface area contributed by atoms with Crippen molar-refractivity contribution >= 4 is 11.9 Å². The molecule has 0 radical (unpaired) electrons. The van der Waals surface area contributed by atoms with Crippen molar-refractivity contribution in [3.05, 3.63) is 0 Å². The number of hydrogen-bond acceptors (Lipinski definition) is 5. The van der Waals surface area contributed by atoms with Crippen LogP contribution in [-0.2, 0) is 9.59 Å². The fourth-order valence-electron chi connectivity index (χ4n) is 8.55. The summed E-state index contributed by atoms with van der Waals surface area (Å²) in [5.41, 5.74) is 2.67. The van der Waals surface area contributed by atoms with Gasteiger partial charge < -0.3 is 15.1 Å². The number of hydrogen-bond donors (Lipinski definition) is 3. The number of likely N-dealkylation sites (N-methyl/N-ethyl adjacent to an activating group) is 1. The normalized spacial score (nSPS) is 14.1. The van der Waals surface area contributed by atoms with E-state index >= 15 is 0 Å². The Balaban J connectivity index is 4.85. The molecule has 0 aromatic carbocycles. The van der Waals surface area contributed by atoms with Crippen LogP contribution in [-0.4, -0.2) is 72.3 Å². The molecule has 55 heavy (non-hydrogen) atoms. The first kappa shape index (κ1) is 53.8. The number of carboxylic acids is 2. The van der Waals surface area contributed by atoms with Crippen molar-refractivity contribution in [2.24, 2.45) is 10.8 Å². The van der Waals surface area contributed by atoms with Crippen LogP contribution in [0.4, 0.5) is 0 Å². The monoisotopic (exact) mass is 780 g/mol. The van der Waals surface area contributed by atoms with Gasteiger partial charge in [-0.15, -0.1) is 0 Å². The molecule has 7 nitrogen and oxygen atoms in total. The molecular weight excluding hydrogens is 683 g/mol. The van der Waals surface area contributed by atoms with E-state index in [1.165, 1.54) is 89.9 Å². The van der Waals surface area contributed by atoms with Crippen LogP contribution in [0.3, 0.4) is 0 Å². The zero-order chi connectivity index (χ0) is 40.9. The molecule has 0 spiro atoms. The van der Waals surface area contributed by atoms with Crippen LogP contribution in [0.1, 0.15) is 246 Å². The lowest BCUT2D eigenvalue weighted by Gasteiger charge is -2.30. The Morgan fingerprint density at radius 1 is 0.400 bits per heavy atom. The average molecular weight is 780 g/mol.